The zero-order valence-electron chi connectivity index (χ0n) is 24.0. The van der Waals surface area contributed by atoms with E-state index in [-0.39, 0.29) is 19.5 Å². The summed E-state index contributed by atoms with van der Waals surface area (Å²) in [5.74, 6) is -3.16. The number of H-pyrrole nitrogens is 2. The number of nitrogens with zero attached hydrogens (tertiary/aromatic N) is 5. The van der Waals surface area contributed by atoms with Crippen LogP contribution in [0.25, 0.3) is 55.6 Å². The number of rotatable bonds is 8. The molecule has 5 aromatic heterocycles. The average Bonchev–Trinajstić information content (AvgIpc) is 3.71. The summed E-state index contributed by atoms with van der Waals surface area (Å²) >= 11 is 0. The van der Waals surface area contributed by atoms with Gasteiger partial charge in [0, 0.05) is 78.3 Å². The van der Waals surface area contributed by atoms with E-state index in [0.29, 0.717) is 52.3 Å². The summed E-state index contributed by atoms with van der Waals surface area (Å²) in [6.07, 6.45) is 9.32. The first-order valence-electron chi connectivity index (χ1n) is 14.1. The molecule has 6 aromatic rings. The Morgan fingerprint density at radius 3 is 2.53 bits per heavy atom. The highest BCUT2D eigenvalue weighted by Gasteiger charge is 2.37. The Bertz CT molecular complexity index is 2180. The second-order valence-electron chi connectivity index (χ2n) is 11.4. The fraction of sp³-hybridized carbons (Fsp3) is 0.226. The number of aromatic amines is 2. The largest absolute Gasteiger partial charge is 0.352 e. The lowest BCUT2D eigenvalue weighted by molar-refractivity contribution is 0.0115. The van der Waals surface area contributed by atoms with Crippen LogP contribution in [0.15, 0.2) is 67.4 Å². The number of aromatic nitrogens is 6. The van der Waals surface area contributed by atoms with E-state index in [0.717, 1.165) is 33.7 Å². The van der Waals surface area contributed by atoms with Crippen molar-refractivity contribution < 1.29 is 21.6 Å². The quantitative estimate of drug-likeness (QED) is 0.209. The number of benzene rings is 1. The highest BCUT2D eigenvalue weighted by molar-refractivity contribution is 7.88. The molecule has 0 amide bonds. The van der Waals surface area contributed by atoms with Crippen LogP contribution < -0.4 is 4.72 Å². The van der Waals surface area contributed by atoms with Crippen molar-refractivity contribution in [3.63, 3.8) is 0 Å². The fourth-order valence-corrected chi connectivity index (χ4v) is 6.16. The molecule has 10 nitrogen and oxygen atoms in total. The van der Waals surface area contributed by atoms with Crippen molar-refractivity contribution in [2.45, 2.75) is 25.4 Å². The van der Waals surface area contributed by atoms with Crippen LogP contribution in [-0.4, -0.2) is 68.7 Å². The summed E-state index contributed by atoms with van der Waals surface area (Å²) in [5.41, 5.74) is 6.67. The maximum Gasteiger partial charge on any atom is 0.261 e. The first kappa shape index (κ1) is 29.1. The van der Waals surface area contributed by atoms with Crippen LogP contribution in [0.5, 0.6) is 0 Å². The van der Waals surface area contributed by atoms with Crippen molar-refractivity contribution >= 4 is 32.0 Å². The predicted octanol–water partition coefficient (Wildman–Crippen LogP) is 5.26. The molecule has 14 heteroatoms. The Kier molecular flexibility index (Phi) is 7.14. The van der Waals surface area contributed by atoms with Crippen LogP contribution in [0, 0.1) is 5.82 Å². The van der Waals surface area contributed by atoms with Gasteiger partial charge in [-0.1, -0.05) is 0 Å². The molecule has 0 aliphatic carbocycles. The van der Waals surface area contributed by atoms with Crippen molar-refractivity contribution in [2.75, 3.05) is 19.3 Å². The van der Waals surface area contributed by atoms with Crippen LogP contribution in [0.2, 0.25) is 0 Å². The molecule has 6 heterocycles. The monoisotopic (exact) mass is 632 g/mol. The van der Waals surface area contributed by atoms with E-state index in [1.807, 2.05) is 18.2 Å². The Hall–Kier alpha value is -4.66. The third-order valence-corrected chi connectivity index (χ3v) is 8.48. The number of pyridine rings is 3. The summed E-state index contributed by atoms with van der Waals surface area (Å²) in [7, 11) is -3.45. The third-order valence-electron chi connectivity index (χ3n) is 7.81. The zero-order valence-corrected chi connectivity index (χ0v) is 24.8. The van der Waals surface area contributed by atoms with Crippen molar-refractivity contribution in [3.8, 4) is 33.6 Å². The molecule has 1 fully saturated rings. The number of hydrogen-bond donors (Lipinski definition) is 3. The number of alkyl halides is 2. The van der Waals surface area contributed by atoms with Gasteiger partial charge in [0.2, 0.25) is 10.0 Å². The number of halogens is 3. The molecular weight excluding hydrogens is 605 g/mol. The SMILES string of the molecule is CS(=O)(=O)NCc1cc(F)cc(-c2cncc3[nH]c(-c4n[nH]c5ncc(-c6cncc(CN7CCC(F)(F)C7)c6)cc45)cc23)c1. The molecule has 0 spiro atoms. The first-order chi connectivity index (χ1) is 21.5. The Labute approximate surface area is 255 Å². The van der Waals surface area contributed by atoms with Gasteiger partial charge < -0.3 is 4.98 Å². The topological polar surface area (TPSA) is 133 Å². The molecule has 1 aliphatic heterocycles. The second-order valence-corrected chi connectivity index (χ2v) is 13.2. The molecular formula is C31H27F3N8O2S. The third kappa shape index (κ3) is 6.16. The van der Waals surface area contributed by atoms with Gasteiger partial charge in [-0.05, 0) is 53.1 Å². The smallest absolute Gasteiger partial charge is 0.261 e. The van der Waals surface area contributed by atoms with E-state index < -0.39 is 21.8 Å². The van der Waals surface area contributed by atoms with Gasteiger partial charge in [0.25, 0.3) is 5.92 Å². The van der Waals surface area contributed by atoms with Gasteiger partial charge in [0.05, 0.1) is 30.2 Å². The van der Waals surface area contributed by atoms with E-state index in [1.165, 1.54) is 12.1 Å². The van der Waals surface area contributed by atoms with Gasteiger partial charge in [-0.15, -0.1) is 0 Å². The number of nitrogens with one attached hydrogen (secondary N) is 3. The highest BCUT2D eigenvalue weighted by Crippen LogP contribution is 2.35. The van der Waals surface area contributed by atoms with Gasteiger partial charge >= 0.3 is 0 Å². The molecule has 0 radical (unpaired) electrons. The van der Waals surface area contributed by atoms with Crippen LogP contribution in [0.3, 0.4) is 0 Å². The lowest BCUT2D eigenvalue weighted by atomic mass is 10.0. The van der Waals surface area contributed by atoms with Crippen molar-refractivity contribution in [1.29, 1.82) is 0 Å². The minimum Gasteiger partial charge on any atom is -0.352 e. The first-order valence-corrected chi connectivity index (χ1v) is 16.0. The zero-order chi connectivity index (χ0) is 31.3. The van der Waals surface area contributed by atoms with E-state index >= 15 is 0 Å². The molecule has 0 unspecified atom stereocenters. The lowest BCUT2D eigenvalue weighted by Crippen LogP contribution is -2.24. The summed E-state index contributed by atoms with van der Waals surface area (Å²) in [6, 6.07) is 10.2. The normalized spacial score (nSPS) is 15.4. The van der Waals surface area contributed by atoms with Crippen molar-refractivity contribution in [3.05, 3.63) is 84.3 Å². The van der Waals surface area contributed by atoms with E-state index in [4.69, 9.17) is 0 Å². The molecule has 1 aliphatic rings. The van der Waals surface area contributed by atoms with Crippen LogP contribution in [0.4, 0.5) is 13.2 Å². The van der Waals surface area contributed by atoms with E-state index in [1.54, 1.807) is 42.0 Å². The average molecular weight is 633 g/mol. The molecule has 7 rings (SSSR count). The number of likely N-dealkylation sites (tertiary alicyclic amines) is 1. The molecule has 1 saturated heterocycles. The molecule has 0 saturated carbocycles. The Morgan fingerprint density at radius 1 is 0.933 bits per heavy atom. The van der Waals surface area contributed by atoms with Gasteiger partial charge in [0.15, 0.2) is 5.65 Å². The maximum atomic E-state index is 14.6. The fourth-order valence-electron chi connectivity index (χ4n) is 5.73. The van der Waals surface area contributed by atoms with Crippen LogP contribution >= 0.6 is 0 Å². The summed E-state index contributed by atoms with van der Waals surface area (Å²) in [6.45, 7) is 0.416. The van der Waals surface area contributed by atoms with E-state index in [2.05, 4.69) is 34.9 Å². The predicted molar refractivity (Wildman–Crippen MR) is 164 cm³/mol. The molecule has 45 heavy (non-hydrogen) atoms. The minimum atomic E-state index is -3.45. The van der Waals surface area contributed by atoms with Crippen molar-refractivity contribution in [1.82, 2.24) is 39.8 Å². The molecule has 0 bridgehead atoms. The second kappa shape index (κ2) is 11.1. The molecule has 1 aromatic carbocycles. The number of hydrogen-bond acceptors (Lipinski definition) is 7. The molecule has 3 N–H and O–H groups in total. The van der Waals surface area contributed by atoms with Gasteiger partial charge in [-0.3, -0.25) is 20.0 Å². The number of fused-ring (bicyclic) bond motifs is 2. The lowest BCUT2D eigenvalue weighted by Gasteiger charge is -2.15. The molecule has 230 valence electrons. The van der Waals surface area contributed by atoms with Crippen molar-refractivity contribution in [2.24, 2.45) is 0 Å². The van der Waals surface area contributed by atoms with Gasteiger partial charge in [-0.25, -0.2) is 31.3 Å². The van der Waals surface area contributed by atoms with Crippen LogP contribution in [-0.2, 0) is 23.1 Å². The summed E-state index contributed by atoms with van der Waals surface area (Å²) in [4.78, 5) is 18.3. The van der Waals surface area contributed by atoms with Gasteiger partial charge in [-0.2, -0.15) is 5.10 Å². The van der Waals surface area contributed by atoms with Gasteiger partial charge in [0.1, 0.15) is 11.5 Å². The number of sulfonamides is 1. The summed E-state index contributed by atoms with van der Waals surface area (Å²) < 4.78 is 67.5. The minimum absolute atomic E-state index is 0.0490. The van der Waals surface area contributed by atoms with Crippen LogP contribution in [0.1, 0.15) is 17.5 Å². The summed E-state index contributed by atoms with van der Waals surface area (Å²) in [5, 5.41) is 9.01. The van der Waals surface area contributed by atoms with E-state index in [9.17, 15) is 21.6 Å². The Balaban J connectivity index is 1.22. The highest BCUT2D eigenvalue weighted by atomic mass is 32.2. The maximum absolute atomic E-state index is 14.6. The molecule has 0 atom stereocenters. The Morgan fingerprint density at radius 2 is 1.73 bits per heavy atom. The standard InChI is InChI=1S/C31H27F3N8O2S/c1-45(43,44)38-11-18-4-20(7-23(32)6-18)26-14-36-15-28-24(26)9-27(39-28)29-25-8-22(13-37-30(25)41-40-29)21-5-19(10-35-12-21)16-42-3-2-31(33,34)17-42/h4-10,12-15,38-39H,2-3,11,16-17H2,1H3,(H,37,40,41).